The lowest BCUT2D eigenvalue weighted by atomic mass is 9.99. The van der Waals surface area contributed by atoms with Gasteiger partial charge in [0.15, 0.2) is 0 Å². The topological polar surface area (TPSA) is 64.0 Å². The Morgan fingerprint density at radius 1 is 1.39 bits per heavy atom. The summed E-state index contributed by atoms with van der Waals surface area (Å²) in [4.78, 5) is 0. The molecule has 104 valence electrons. The van der Waals surface area contributed by atoms with Gasteiger partial charge in [0.1, 0.15) is 9.84 Å². The predicted molar refractivity (Wildman–Crippen MR) is 73.8 cm³/mol. The molecule has 1 unspecified atom stereocenters. The largest absolute Gasteiger partial charge is 0.319 e. The summed E-state index contributed by atoms with van der Waals surface area (Å²) in [5.41, 5.74) is 3.28. The van der Waals surface area contributed by atoms with Gasteiger partial charge in [-0.2, -0.15) is 5.10 Å². The van der Waals surface area contributed by atoms with Crippen molar-refractivity contribution in [2.75, 3.05) is 25.6 Å². The van der Waals surface area contributed by atoms with Gasteiger partial charge in [-0.3, -0.25) is 4.68 Å². The second-order valence-corrected chi connectivity index (χ2v) is 7.16. The van der Waals surface area contributed by atoms with Crippen LogP contribution in [0.4, 0.5) is 0 Å². The van der Waals surface area contributed by atoms with Gasteiger partial charge in [-0.1, -0.05) is 6.92 Å². The van der Waals surface area contributed by atoms with Crippen molar-refractivity contribution >= 4 is 9.84 Å². The van der Waals surface area contributed by atoms with E-state index < -0.39 is 9.84 Å². The Balaban J connectivity index is 2.93. The predicted octanol–water partition coefficient (Wildman–Crippen LogP) is 0.867. The van der Waals surface area contributed by atoms with Gasteiger partial charge in [-0.25, -0.2) is 8.42 Å². The third-order valence-electron chi connectivity index (χ3n) is 3.11. The molecule has 0 aliphatic carbocycles. The molecule has 0 saturated carbocycles. The third kappa shape index (κ3) is 3.81. The molecule has 1 rings (SSSR count). The minimum Gasteiger partial charge on any atom is -0.319 e. The first kappa shape index (κ1) is 15.2. The lowest BCUT2D eigenvalue weighted by Crippen LogP contribution is -2.16. The van der Waals surface area contributed by atoms with Crippen molar-refractivity contribution in [3.63, 3.8) is 0 Å². The molecule has 0 aromatic carbocycles. The van der Waals surface area contributed by atoms with Crippen LogP contribution in [0.1, 0.15) is 29.8 Å². The van der Waals surface area contributed by atoms with Crippen LogP contribution >= 0.6 is 0 Å². The van der Waals surface area contributed by atoms with Gasteiger partial charge in [-0.05, 0) is 32.4 Å². The maximum atomic E-state index is 11.2. The molecule has 0 radical (unpaired) electrons. The molecule has 1 N–H and O–H groups in total. The Bertz CT molecular complexity index is 506. The summed E-state index contributed by atoms with van der Waals surface area (Å²) in [6.45, 7) is 7.45. The highest BCUT2D eigenvalue weighted by Crippen LogP contribution is 2.22. The van der Waals surface area contributed by atoms with Crippen molar-refractivity contribution in [3.05, 3.63) is 17.0 Å². The molecule has 1 atom stereocenters. The zero-order chi connectivity index (χ0) is 13.9. The van der Waals surface area contributed by atoms with E-state index in [0.717, 1.165) is 17.9 Å². The smallest absolute Gasteiger partial charge is 0.149 e. The van der Waals surface area contributed by atoms with Gasteiger partial charge in [0, 0.05) is 18.5 Å². The molecule has 6 heteroatoms. The van der Waals surface area contributed by atoms with Crippen LogP contribution in [0.2, 0.25) is 0 Å². The minimum absolute atomic E-state index is 0.134. The summed E-state index contributed by atoms with van der Waals surface area (Å²) in [7, 11) is -1.02. The van der Waals surface area contributed by atoms with E-state index in [1.807, 2.05) is 20.9 Å². The van der Waals surface area contributed by atoms with Crippen LogP contribution in [0, 0.1) is 13.8 Å². The van der Waals surface area contributed by atoms with Crippen LogP contribution in [0.15, 0.2) is 0 Å². The Hall–Kier alpha value is -0.880. The quantitative estimate of drug-likeness (QED) is 0.835. The molecule has 1 aromatic rings. The fourth-order valence-corrected chi connectivity index (χ4v) is 2.81. The van der Waals surface area contributed by atoms with Crippen LogP contribution in [0.3, 0.4) is 0 Å². The Morgan fingerprint density at radius 3 is 2.50 bits per heavy atom. The van der Waals surface area contributed by atoms with Crippen molar-refractivity contribution in [2.45, 2.75) is 33.2 Å². The number of aryl methyl sites for hydroxylation is 2. The van der Waals surface area contributed by atoms with Crippen molar-refractivity contribution < 1.29 is 8.42 Å². The molecule has 0 bridgehead atoms. The van der Waals surface area contributed by atoms with E-state index in [1.54, 1.807) is 4.68 Å². The van der Waals surface area contributed by atoms with Crippen molar-refractivity contribution in [1.82, 2.24) is 15.1 Å². The molecular weight excluding hydrogens is 250 g/mol. The molecule has 0 aliphatic heterocycles. The Morgan fingerprint density at radius 2 is 2.00 bits per heavy atom. The number of nitrogens with zero attached hydrogens (tertiary/aromatic N) is 2. The van der Waals surface area contributed by atoms with Crippen LogP contribution in [-0.4, -0.2) is 43.8 Å². The van der Waals surface area contributed by atoms with Crippen molar-refractivity contribution in [2.24, 2.45) is 0 Å². The van der Waals surface area contributed by atoms with Gasteiger partial charge >= 0.3 is 0 Å². The van der Waals surface area contributed by atoms with Crippen molar-refractivity contribution in [1.29, 1.82) is 0 Å². The van der Waals surface area contributed by atoms with E-state index >= 15 is 0 Å². The van der Waals surface area contributed by atoms with E-state index in [4.69, 9.17) is 0 Å². The van der Waals surface area contributed by atoms with Crippen LogP contribution < -0.4 is 5.32 Å². The highest BCUT2D eigenvalue weighted by atomic mass is 32.2. The van der Waals surface area contributed by atoms with Crippen LogP contribution in [0.5, 0.6) is 0 Å². The lowest BCUT2D eigenvalue weighted by molar-refractivity contribution is 0.580. The summed E-state index contributed by atoms with van der Waals surface area (Å²) in [6.07, 6.45) is 1.25. The van der Waals surface area contributed by atoms with Crippen LogP contribution in [0.25, 0.3) is 0 Å². The fourth-order valence-electron chi connectivity index (χ4n) is 2.30. The highest BCUT2D eigenvalue weighted by molar-refractivity contribution is 7.90. The second kappa shape index (κ2) is 5.84. The summed E-state index contributed by atoms with van der Waals surface area (Å²) in [5.74, 6) is 0.511. The second-order valence-electron chi connectivity index (χ2n) is 4.90. The zero-order valence-electron chi connectivity index (χ0n) is 11.8. The number of hydrogen-bond donors (Lipinski definition) is 1. The monoisotopic (exact) mass is 273 g/mol. The Kier molecular flexibility index (Phi) is 4.92. The summed E-state index contributed by atoms with van der Waals surface area (Å²) in [5, 5.41) is 7.59. The van der Waals surface area contributed by atoms with E-state index in [0.29, 0.717) is 12.5 Å². The van der Waals surface area contributed by atoms with Gasteiger partial charge < -0.3 is 5.32 Å². The average molecular weight is 273 g/mol. The fraction of sp³-hybridized carbons (Fsp3) is 0.750. The summed E-state index contributed by atoms with van der Waals surface area (Å²) < 4.78 is 24.2. The third-order valence-corrected chi connectivity index (χ3v) is 4.04. The van der Waals surface area contributed by atoms with E-state index in [9.17, 15) is 8.42 Å². The molecule has 5 nitrogen and oxygen atoms in total. The molecular formula is C12H23N3O2S. The van der Waals surface area contributed by atoms with Crippen molar-refractivity contribution in [3.8, 4) is 0 Å². The van der Waals surface area contributed by atoms with E-state index in [-0.39, 0.29) is 5.75 Å². The molecule has 0 amide bonds. The zero-order valence-corrected chi connectivity index (χ0v) is 12.6. The molecule has 1 heterocycles. The molecule has 0 fully saturated rings. The van der Waals surface area contributed by atoms with Gasteiger partial charge in [0.2, 0.25) is 0 Å². The van der Waals surface area contributed by atoms with Crippen LogP contribution in [-0.2, 0) is 16.4 Å². The van der Waals surface area contributed by atoms with E-state index in [1.165, 1.54) is 11.8 Å². The number of sulfone groups is 1. The number of likely N-dealkylation sites (N-methyl/N-ethyl adjacent to an activating group) is 1. The van der Waals surface area contributed by atoms with Gasteiger partial charge in [0.25, 0.3) is 0 Å². The van der Waals surface area contributed by atoms with Gasteiger partial charge in [-0.15, -0.1) is 0 Å². The van der Waals surface area contributed by atoms with Gasteiger partial charge in [0.05, 0.1) is 18.0 Å². The first-order valence-corrected chi connectivity index (χ1v) is 8.18. The first-order chi connectivity index (χ1) is 8.26. The standard InChI is InChI=1S/C12H23N3O2S/c1-9(8-13-4)12-10(2)14-15(11(12)3)6-7-18(5,16)17/h9,13H,6-8H2,1-5H3. The minimum atomic E-state index is -2.95. The lowest BCUT2D eigenvalue weighted by Gasteiger charge is -2.12. The molecule has 18 heavy (non-hydrogen) atoms. The van der Waals surface area contributed by atoms with E-state index in [2.05, 4.69) is 17.3 Å². The molecule has 0 aliphatic rings. The number of aromatic nitrogens is 2. The number of rotatable bonds is 6. The number of hydrogen-bond acceptors (Lipinski definition) is 4. The Labute approximate surface area is 109 Å². The molecule has 1 aromatic heterocycles. The first-order valence-electron chi connectivity index (χ1n) is 6.12. The summed E-state index contributed by atoms with van der Waals surface area (Å²) in [6, 6.07) is 0. The maximum Gasteiger partial charge on any atom is 0.149 e. The highest BCUT2D eigenvalue weighted by Gasteiger charge is 2.17. The summed E-state index contributed by atoms with van der Waals surface area (Å²) >= 11 is 0. The number of nitrogens with one attached hydrogen (secondary N) is 1. The normalized spacial score (nSPS) is 13.8. The SMILES string of the molecule is CNCC(C)c1c(C)nn(CCS(C)(=O)=O)c1C. The maximum absolute atomic E-state index is 11.2. The average Bonchev–Trinajstić information content (AvgIpc) is 2.50. The molecule has 0 spiro atoms. The molecule has 0 saturated heterocycles.